The lowest BCUT2D eigenvalue weighted by Gasteiger charge is -2.38. The van der Waals surface area contributed by atoms with Gasteiger partial charge in [-0.2, -0.15) is 0 Å². The van der Waals surface area contributed by atoms with Crippen molar-refractivity contribution in [3.63, 3.8) is 0 Å². The van der Waals surface area contributed by atoms with E-state index in [1.807, 2.05) is 18.2 Å². The first-order valence-electron chi connectivity index (χ1n) is 11.1. The molecule has 0 bridgehead atoms. The maximum Gasteiger partial charge on any atom is 0.223 e. The van der Waals surface area contributed by atoms with Crippen molar-refractivity contribution in [2.24, 2.45) is 5.92 Å². The summed E-state index contributed by atoms with van der Waals surface area (Å²) in [5, 5.41) is 3.21. The summed E-state index contributed by atoms with van der Waals surface area (Å²) in [4.78, 5) is 15.1. The number of methoxy groups -OCH3 is 2. The van der Waals surface area contributed by atoms with Gasteiger partial charge >= 0.3 is 0 Å². The van der Waals surface area contributed by atoms with Gasteiger partial charge in [0.1, 0.15) is 5.82 Å². The molecule has 6 heteroatoms. The molecule has 1 aliphatic carbocycles. The van der Waals surface area contributed by atoms with Crippen LogP contribution in [0.15, 0.2) is 36.4 Å². The molecule has 2 aromatic carbocycles. The maximum atomic E-state index is 13.4. The highest BCUT2D eigenvalue weighted by Gasteiger charge is 2.31. The third kappa shape index (κ3) is 4.85. The number of fused-ring (bicyclic) bond motifs is 1. The van der Waals surface area contributed by atoms with E-state index in [2.05, 4.69) is 16.3 Å². The highest BCUT2D eigenvalue weighted by atomic mass is 19.1. The zero-order valence-electron chi connectivity index (χ0n) is 18.3. The van der Waals surface area contributed by atoms with Gasteiger partial charge in [0.05, 0.1) is 20.3 Å². The van der Waals surface area contributed by atoms with E-state index in [-0.39, 0.29) is 23.7 Å². The summed E-state index contributed by atoms with van der Waals surface area (Å²) in [5.41, 5.74) is 3.42. The second-order valence-corrected chi connectivity index (χ2v) is 8.50. The normalized spacial score (nSPS) is 19.1. The average Bonchev–Trinajstić information content (AvgIpc) is 3.33. The van der Waals surface area contributed by atoms with Gasteiger partial charge in [0.2, 0.25) is 5.91 Å². The second-order valence-electron chi connectivity index (χ2n) is 8.50. The molecule has 1 saturated carbocycles. The molecule has 31 heavy (non-hydrogen) atoms. The Hall–Kier alpha value is -2.60. The summed E-state index contributed by atoms with van der Waals surface area (Å²) in [5.74, 6) is 1.48. The summed E-state index contributed by atoms with van der Waals surface area (Å²) >= 11 is 0. The van der Waals surface area contributed by atoms with Crippen molar-refractivity contribution in [1.82, 2.24) is 10.2 Å². The number of hydrogen-bond donors (Lipinski definition) is 1. The molecule has 5 nitrogen and oxygen atoms in total. The lowest BCUT2D eigenvalue weighted by Crippen LogP contribution is -2.43. The number of ether oxygens (including phenoxy) is 2. The predicted octanol–water partition coefficient (Wildman–Crippen LogP) is 4.25. The first-order chi connectivity index (χ1) is 15.1. The summed E-state index contributed by atoms with van der Waals surface area (Å²) in [6.07, 6.45) is 5.12. The van der Waals surface area contributed by atoms with Gasteiger partial charge in [0.15, 0.2) is 11.5 Å². The molecule has 0 saturated heterocycles. The Morgan fingerprint density at radius 1 is 1.10 bits per heavy atom. The standard InChI is InChI=1S/C25H31FN2O3/c1-30-23-13-19-11-12-28(16-17-7-9-20(26)10-8-17)22(21(19)14-24(23)31-2)15-27-25(29)18-5-3-4-6-18/h7-10,13-14,18,22H,3-6,11-12,15-16H2,1-2H3,(H,27,29)/t22-/m1/s1. The quantitative estimate of drug-likeness (QED) is 0.719. The van der Waals surface area contributed by atoms with Crippen molar-refractivity contribution in [1.29, 1.82) is 0 Å². The van der Waals surface area contributed by atoms with Crippen molar-refractivity contribution >= 4 is 5.91 Å². The van der Waals surface area contributed by atoms with E-state index in [9.17, 15) is 9.18 Å². The lowest BCUT2D eigenvalue weighted by molar-refractivity contribution is -0.125. The average molecular weight is 427 g/mol. The Labute approximate surface area is 183 Å². The van der Waals surface area contributed by atoms with E-state index in [4.69, 9.17) is 9.47 Å². The van der Waals surface area contributed by atoms with Gasteiger partial charge in [-0.05, 0) is 60.2 Å². The minimum absolute atomic E-state index is 0.0129. The number of benzene rings is 2. The monoisotopic (exact) mass is 426 g/mol. The van der Waals surface area contributed by atoms with Crippen LogP contribution >= 0.6 is 0 Å². The summed E-state index contributed by atoms with van der Waals surface area (Å²) in [6.45, 7) is 2.08. The Kier molecular flexibility index (Phi) is 6.76. The molecule has 1 atom stereocenters. The van der Waals surface area contributed by atoms with Gasteiger partial charge in [-0.15, -0.1) is 0 Å². The van der Waals surface area contributed by atoms with Crippen LogP contribution < -0.4 is 14.8 Å². The summed E-state index contributed by atoms with van der Waals surface area (Å²) in [6, 6.07) is 10.8. The number of carbonyl (C=O) groups excluding carboxylic acids is 1. The van der Waals surface area contributed by atoms with Crippen molar-refractivity contribution in [2.75, 3.05) is 27.3 Å². The van der Waals surface area contributed by atoms with E-state index < -0.39 is 0 Å². The molecule has 2 aliphatic rings. The molecule has 1 fully saturated rings. The first-order valence-corrected chi connectivity index (χ1v) is 11.1. The number of nitrogens with zero attached hydrogens (tertiary/aromatic N) is 1. The Balaban J connectivity index is 1.59. The van der Waals surface area contributed by atoms with Crippen LogP contribution in [0.2, 0.25) is 0 Å². The fraction of sp³-hybridized carbons (Fsp3) is 0.480. The van der Waals surface area contributed by atoms with Crippen LogP contribution in [0.1, 0.15) is 48.4 Å². The molecule has 2 aromatic rings. The van der Waals surface area contributed by atoms with E-state index in [0.29, 0.717) is 18.8 Å². The number of amides is 1. The minimum atomic E-state index is -0.232. The molecule has 1 amide bonds. The largest absolute Gasteiger partial charge is 0.493 e. The first kappa shape index (κ1) is 21.6. The Morgan fingerprint density at radius 3 is 2.45 bits per heavy atom. The van der Waals surface area contributed by atoms with Crippen LogP contribution in [-0.2, 0) is 17.8 Å². The highest BCUT2D eigenvalue weighted by molar-refractivity contribution is 5.78. The van der Waals surface area contributed by atoms with Gasteiger partial charge in [-0.25, -0.2) is 4.39 Å². The van der Waals surface area contributed by atoms with Gasteiger partial charge < -0.3 is 14.8 Å². The van der Waals surface area contributed by atoms with Gasteiger partial charge in [0, 0.05) is 25.6 Å². The number of carbonyl (C=O) groups is 1. The molecular weight excluding hydrogens is 395 g/mol. The van der Waals surface area contributed by atoms with Crippen molar-refractivity contribution in [3.05, 3.63) is 58.9 Å². The third-order valence-corrected chi connectivity index (χ3v) is 6.61. The van der Waals surface area contributed by atoms with Gasteiger partial charge in [0.25, 0.3) is 0 Å². The molecule has 0 radical (unpaired) electrons. The fourth-order valence-electron chi connectivity index (χ4n) is 4.86. The minimum Gasteiger partial charge on any atom is -0.493 e. The molecular formula is C25H31FN2O3. The fourth-order valence-corrected chi connectivity index (χ4v) is 4.86. The van der Waals surface area contributed by atoms with E-state index >= 15 is 0 Å². The molecule has 0 spiro atoms. The Bertz CT molecular complexity index is 910. The Morgan fingerprint density at radius 2 is 1.77 bits per heavy atom. The number of rotatable bonds is 7. The van der Waals surface area contributed by atoms with Crippen LogP contribution in [0.4, 0.5) is 4.39 Å². The number of halogens is 1. The van der Waals surface area contributed by atoms with Crippen LogP contribution in [0.3, 0.4) is 0 Å². The van der Waals surface area contributed by atoms with Crippen LogP contribution in [-0.4, -0.2) is 38.1 Å². The van der Waals surface area contributed by atoms with Crippen molar-refractivity contribution < 1.29 is 18.7 Å². The molecule has 166 valence electrons. The highest BCUT2D eigenvalue weighted by Crippen LogP contribution is 2.38. The van der Waals surface area contributed by atoms with E-state index in [1.165, 1.54) is 17.7 Å². The zero-order chi connectivity index (χ0) is 21.8. The summed E-state index contributed by atoms with van der Waals surface area (Å²) < 4.78 is 24.4. The van der Waals surface area contributed by atoms with Crippen LogP contribution in [0, 0.1) is 11.7 Å². The van der Waals surface area contributed by atoms with Gasteiger partial charge in [-0.1, -0.05) is 25.0 Å². The molecule has 1 aliphatic heterocycles. The topological polar surface area (TPSA) is 50.8 Å². The second kappa shape index (κ2) is 9.69. The summed E-state index contributed by atoms with van der Waals surface area (Å²) in [7, 11) is 3.29. The number of hydrogen-bond acceptors (Lipinski definition) is 4. The van der Waals surface area contributed by atoms with Crippen molar-refractivity contribution in [2.45, 2.75) is 44.7 Å². The molecule has 4 rings (SSSR count). The molecule has 0 unspecified atom stereocenters. The van der Waals surface area contributed by atoms with Crippen molar-refractivity contribution in [3.8, 4) is 11.5 Å². The molecule has 1 N–H and O–H groups in total. The third-order valence-electron chi connectivity index (χ3n) is 6.61. The number of nitrogens with one attached hydrogen (secondary N) is 1. The lowest BCUT2D eigenvalue weighted by atomic mass is 9.91. The van der Waals surface area contributed by atoms with Crippen LogP contribution in [0.5, 0.6) is 11.5 Å². The molecule has 1 heterocycles. The maximum absolute atomic E-state index is 13.4. The predicted molar refractivity (Wildman–Crippen MR) is 118 cm³/mol. The van der Waals surface area contributed by atoms with Crippen LogP contribution in [0.25, 0.3) is 0 Å². The van der Waals surface area contributed by atoms with E-state index in [1.54, 1.807) is 14.2 Å². The smallest absolute Gasteiger partial charge is 0.223 e. The van der Waals surface area contributed by atoms with Gasteiger partial charge in [-0.3, -0.25) is 9.69 Å². The SMILES string of the molecule is COc1cc2c(cc1OC)[C@@H](CNC(=O)C1CCCC1)N(Cc1ccc(F)cc1)CC2. The zero-order valence-corrected chi connectivity index (χ0v) is 18.3. The van der Waals surface area contributed by atoms with E-state index in [0.717, 1.165) is 55.5 Å². The molecule has 0 aromatic heterocycles.